The van der Waals surface area contributed by atoms with Crippen molar-refractivity contribution in [3.05, 3.63) is 48.6 Å². The second-order valence-corrected chi connectivity index (χ2v) is 8.11. The maximum Gasteiger partial charge on any atom is 0.490 e. The molecule has 2 N–H and O–H groups in total. The zero-order chi connectivity index (χ0) is 27.7. The highest BCUT2D eigenvalue weighted by atomic mass is 19.4. The maximum atomic E-state index is 10.6. The van der Waals surface area contributed by atoms with Crippen molar-refractivity contribution in [2.24, 2.45) is 0 Å². The van der Waals surface area contributed by atoms with E-state index in [0.717, 1.165) is 44.7 Å². The molecule has 2 aromatic heterocycles. The van der Waals surface area contributed by atoms with Crippen molar-refractivity contribution in [1.29, 1.82) is 0 Å². The normalized spacial score (nSPS) is 21.8. The molecule has 37 heavy (non-hydrogen) atoms. The fourth-order valence-electron chi connectivity index (χ4n) is 3.70. The van der Waals surface area contributed by atoms with Gasteiger partial charge in [0.2, 0.25) is 5.88 Å². The van der Waals surface area contributed by atoms with Crippen LogP contribution in [0.15, 0.2) is 47.2 Å². The Morgan fingerprint density at radius 2 is 1.73 bits per heavy atom. The van der Waals surface area contributed by atoms with Crippen LogP contribution in [0.3, 0.4) is 0 Å². The Morgan fingerprint density at radius 3 is 2.24 bits per heavy atom. The molecule has 0 radical (unpaired) electrons. The average molecular weight is 542 g/mol. The molecule has 206 valence electrons. The van der Waals surface area contributed by atoms with Gasteiger partial charge in [-0.15, -0.1) is 0 Å². The van der Waals surface area contributed by atoms with Crippen molar-refractivity contribution in [1.82, 2.24) is 9.88 Å². The van der Waals surface area contributed by atoms with Crippen molar-refractivity contribution < 1.29 is 60.0 Å². The number of carboxylic acids is 2. The van der Waals surface area contributed by atoms with Gasteiger partial charge in [0.25, 0.3) is 0 Å². The van der Waals surface area contributed by atoms with Crippen LogP contribution >= 0.6 is 0 Å². The molecule has 0 aromatic carbocycles. The van der Waals surface area contributed by atoms with Gasteiger partial charge in [0.1, 0.15) is 11.9 Å². The minimum Gasteiger partial charge on any atom is -0.475 e. The summed E-state index contributed by atoms with van der Waals surface area (Å²) in [6.07, 6.45) is -3.41. The Bertz CT molecular complexity index is 962. The molecular formula is C22H24F6N2O7. The summed E-state index contributed by atoms with van der Waals surface area (Å²) < 4.78 is 81.1. The second kappa shape index (κ2) is 12.8. The Labute approximate surface area is 206 Å². The van der Waals surface area contributed by atoms with Crippen LogP contribution in [0.2, 0.25) is 0 Å². The Hall–Kier alpha value is -3.33. The number of likely N-dealkylation sites (tertiary alicyclic amines) is 1. The number of halogens is 6. The molecule has 2 atom stereocenters. The van der Waals surface area contributed by atoms with Crippen LogP contribution in [-0.2, 0) is 20.9 Å². The molecule has 9 nitrogen and oxygen atoms in total. The van der Waals surface area contributed by atoms with Gasteiger partial charge >= 0.3 is 24.3 Å². The van der Waals surface area contributed by atoms with E-state index in [0.29, 0.717) is 12.5 Å². The number of ether oxygens (including phenoxy) is 2. The first kappa shape index (κ1) is 29.9. The third kappa shape index (κ3) is 10.3. The number of piperidine rings is 1. The second-order valence-electron chi connectivity index (χ2n) is 8.11. The monoisotopic (exact) mass is 542 g/mol. The van der Waals surface area contributed by atoms with Crippen LogP contribution < -0.4 is 4.74 Å². The molecule has 4 heterocycles. The average Bonchev–Trinajstić information content (AvgIpc) is 3.44. The molecule has 4 rings (SSSR count). The lowest BCUT2D eigenvalue weighted by Crippen LogP contribution is -2.47. The van der Waals surface area contributed by atoms with E-state index in [9.17, 15) is 26.3 Å². The van der Waals surface area contributed by atoms with Crippen LogP contribution in [0.1, 0.15) is 25.0 Å². The van der Waals surface area contributed by atoms with E-state index < -0.39 is 24.3 Å². The van der Waals surface area contributed by atoms with E-state index in [1.807, 2.05) is 30.3 Å². The van der Waals surface area contributed by atoms with Gasteiger partial charge in [0.05, 0.1) is 25.0 Å². The van der Waals surface area contributed by atoms with Crippen molar-refractivity contribution in [2.75, 3.05) is 19.7 Å². The molecule has 1 spiro atoms. The standard InChI is InChI=1S/C18H22N2O3.2C2HF3O2/c1-2-8-19-17(6-1)23-16-11-18(22-13-16)7-4-9-20(14-18)12-15-5-3-10-21-15;2*3-2(4,5)1(6)7/h1-3,5-6,8,10,16H,4,7,9,11-14H2;2*(H,6,7)/t16-,18-;;/m0../s1. The molecule has 0 bridgehead atoms. The molecule has 2 aliphatic rings. The molecule has 0 amide bonds. The van der Waals surface area contributed by atoms with E-state index in [4.69, 9.17) is 33.7 Å². The van der Waals surface area contributed by atoms with Crippen LogP contribution in [-0.4, -0.2) is 75.8 Å². The van der Waals surface area contributed by atoms with Gasteiger partial charge in [-0.25, -0.2) is 14.6 Å². The Morgan fingerprint density at radius 1 is 1.08 bits per heavy atom. The maximum absolute atomic E-state index is 10.6. The van der Waals surface area contributed by atoms with E-state index in [1.54, 1.807) is 12.5 Å². The lowest BCUT2D eigenvalue weighted by molar-refractivity contribution is -0.193. The first-order valence-corrected chi connectivity index (χ1v) is 10.8. The topological polar surface area (TPSA) is 122 Å². The minimum absolute atomic E-state index is 0.0791. The number of furan rings is 1. The van der Waals surface area contributed by atoms with Gasteiger partial charge in [0.15, 0.2) is 0 Å². The smallest absolute Gasteiger partial charge is 0.475 e. The molecule has 0 saturated carbocycles. The van der Waals surface area contributed by atoms with Crippen molar-refractivity contribution in [2.45, 2.75) is 49.9 Å². The Balaban J connectivity index is 0.000000286. The highest BCUT2D eigenvalue weighted by Gasteiger charge is 2.44. The van der Waals surface area contributed by atoms with Gasteiger partial charge < -0.3 is 24.1 Å². The largest absolute Gasteiger partial charge is 0.490 e. The van der Waals surface area contributed by atoms with E-state index >= 15 is 0 Å². The van der Waals surface area contributed by atoms with Gasteiger partial charge in [-0.2, -0.15) is 26.3 Å². The molecule has 2 fully saturated rings. The number of pyridine rings is 1. The molecular weight excluding hydrogens is 518 g/mol. The lowest BCUT2D eigenvalue weighted by atomic mass is 9.89. The van der Waals surface area contributed by atoms with Crippen molar-refractivity contribution >= 4 is 11.9 Å². The zero-order valence-corrected chi connectivity index (χ0v) is 19.2. The number of carboxylic acid groups (broad SMARTS) is 2. The first-order valence-electron chi connectivity index (χ1n) is 10.8. The number of hydrogen-bond donors (Lipinski definition) is 2. The molecule has 2 aromatic rings. The minimum atomic E-state index is -5.08. The molecule has 2 aliphatic heterocycles. The number of nitrogens with zero attached hydrogens (tertiary/aromatic N) is 2. The summed E-state index contributed by atoms with van der Waals surface area (Å²) in [7, 11) is 0. The number of carbonyl (C=O) groups is 2. The van der Waals surface area contributed by atoms with Crippen molar-refractivity contribution in [3.63, 3.8) is 0 Å². The number of alkyl halides is 6. The summed E-state index contributed by atoms with van der Waals surface area (Å²) in [6, 6.07) is 9.71. The van der Waals surface area contributed by atoms with Gasteiger partial charge in [-0.1, -0.05) is 6.07 Å². The molecule has 2 saturated heterocycles. The first-order chi connectivity index (χ1) is 17.2. The van der Waals surface area contributed by atoms with Crippen LogP contribution in [0.5, 0.6) is 5.88 Å². The van der Waals surface area contributed by atoms with E-state index in [1.165, 1.54) is 0 Å². The predicted octanol–water partition coefficient (Wildman–Crippen LogP) is 4.14. The number of aliphatic carboxylic acids is 2. The Kier molecular flexibility index (Phi) is 10.3. The fourth-order valence-corrected chi connectivity index (χ4v) is 3.70. The lowest BCUT2D eigenvalue weighted by Gasteiger charge is -2.39. The van der Waals surface area contributed by atoms with Gasteiger partial charge in [-0.05, 0) is 37.6 Å². The summed E-state index contributed by atoms with van der Waals surface area (Å²) in [5.41, 5.74) is -0.0791. The van der Waals surface area contributed by atoms with Gasteiger partial charge in [-0.3, -0.25) is 4.90 Å². The quantitative estimate of drug-likeness (QED) is 0.549. The summed E-state index contributed by atoms with van der Waals surface area (Å²) in [4.78, 5) is 24.5. The van der Waals surface area contributed by atoms with Crippen LogP contribution in [0, 0.1) is 0 Å². The predicted molar refractivity (Wildman–Crippen MR) is 113 cm³/mol. The summed E-state index contributed by atoms with van der Waals surface area (Å²) in [5.74, 6) is -3.82. The third-order valence-corrected chi connectivity index (χ3v) is 5.16. The highest BCUT2D eigenvalue weighted by Crippen LogP contribution is 2.36. The molecule has 0 unspecified atom stereocenters. The SMILES string of the molecule is O=C(O)C(F)(F)F.O=C(O)C(F)(F)F.c1ccc(O[C@@H]2CO[C@@]3(CCCN(Cc4ccco4)C3)C2)nc1. The third-order valence-electron chi connectivity index (χ3n) is 5.16. The summed E-state index contributed by atoms with van der Waals surface area (Å²) >= 11 is 0. The molecule has 15 heteroatoms. The van der Waals surface area contributed by atoms with Gasteiger partial charge in [0, 0.05) is 25.2 Å². The van der Waals surface area contributed by atoms with Crippen molar-refractivity contribution in [3.8, 4) is 5.88 Å². The number of aromatic nitrogens is 1. The van der Waals surface area contributed by atoms with Crippen LogP contribution in [0.4, 0.5) is 26.3 Å². The summed E-state index contributed by atoms with van der Waals surface area (Å²) in [5, 5.41) is 14.2. The number of rotatable bonds is 4. The highest BCUT2D eigenvalue weighted by molar-refractivity contribution is 5.73. The fraction of sp³-hybridized carbons (Fsp3) is 0.500. The molecule has 0 aliphatic carbocycles. The van der Waals surface area contributed by atoms with E-state index in [-0.39, 0.29) is 11.7 Å². The summed E-state index contributed by atoms with van der Waals surface area (Å²) in [6.45, 7) is 3.53. The number of hydrogen-bond acceptors (Lipinski definition) is 7. The van der Waals surface area contributed by atoms with Crippen LogP contribution in [0.25, 0.3) is 0 Å². The van der Waals surface area contributed by atoms with E-state index in [2.05, 4.69) is 9.88 Å². The zero-order valence-electron chi connectivity index (χ0n) is 19.2.